The molecule has 4 aliphatic rings. The number of hydrazine groups is 2. The van der Waals surface area contributed by atoms with Crippen LogP contribution in [0, 0.1) is 46.3 Å². The molecular formula is C29H53N3S2. The van der Waals surface area contributed by atoms with Gasteiger partial charge in [0.2, 0.25) is 0 Å². The fraction of sp³-hybridized carbons (Fsp3) is 0.931. The first-order valence-electron chi connectivity index (χ1n) is 14.5. The van der Waals surface area contributed by atoms with E-state index in [-0.39, 0.29) is 0 Å². The van der Waals surface area contributed by atoms with Gasteiger partial charge in [-0.3, -0.25) is 5.84 Å². The second-order valence-electron chi connectivity index (χ2n) is 13.1. The highest BCUT2D eigenvalue weighted by molar-refractivity contribution is 8.76. The first-order valence-corrected chi connectivity index (χ1v) is 16.8. The van der Waals surface area contributed by atoms with Crippen molar-refractivity contribution in [2.45, 2.75) is 110 Å². The molecule has 0 aromatic carbocycles. The second-order valence-corrected chi connectivity index (χ2v) is 15.9. The third-order valence-corrected chi connectivity index (χ3v) is 13.8. The number of allylic oxidation sites excluding steroid dienone is 2. The standard InChI is InChI=1S/C29H53N3S2/c1-20(2)7-6-8-21(3)25-11-12-26-24-10-9-22-19-23(34-33-18-17-31-32-30)13-15-28(22,4)27(24)14-16-29(25,26)5/h9,20-21,23-27,31-32H,6-8,10-19,30H2,1-5H3. The number of fused-ring (bicyclic) bond motifs is 5. The van der Waals surface area contributed by atoms with Crippen LogP contribution in [0.2, 0.25) is 0 Å². The Morgan fingerprint density at radius 1 is 1.06 bits per heavy atom. The third kappa shape index (κ3) is 5.59. The van der Waals surface area contributed by atoms with Crippen LogP contribution in [-0.2, 0) is 0 Å². The predicted molar refractivity (Wildman–Crippen MR) is 152 cm³/mol. The minimum absolute atomic E-state index is 0.484. The number of rotatable bonds is 11. The van der Waals surface area contributed by atoms with Crippen LogP contribution in [0.3, 0.4) is 0 Å². The lowest BCUT2D eigenvalue weighted by Crippen LogP contribution is -2.50. The molecule has 0 bridgehead atoms. The van der Waals surface area contributed by atoms with E-state index < -0.39 is 0 Å². The van der Waals surface area contributed by atoms with E-state index in [1.54, 1.807) is 0 Å². The minimum Gasteiger partial charge on any atom is -0.258 e. The largest absolute Gasteiger partial charge is 0.258 e. The molecule has 4 aliphatic carbocycles. The fourth-order valence-electron chi connectivity index (χ4n) is 9.04. The molecule has 8 unspecified atom stereocenters. The van der Waals surface area contributed by atoms with Crippen molar-refractivity contribution in [3.05, 3.63) is 11.6 Å². The maximum Gasteiger partial charge on any atom is 0.0212 e. The van der Waals surface area contributed by atoms with Gasteiger partial charge in [0.1, 0.15) is 0 Å². The molecule has 8 atom stereocenters. The summed E-state index contributed by atoms with van der Waals surface area (Å²) in [6.45, 7) is 13.7. The Kier molecular flexibility index (Phi) is 9.49. The van der Waals surface area contributed by atoms with Crippen LogP contribution in [0.25, 0.3) is 0 Å². The predicted octanol–water partition coefficient (Wildman–Crippen LogP) is 7.75. The maximum absolute atomic E-state index is 5.30. The Balaban J connectivity index is 1.37. The second kappa shape index (κ2) is 11.8. The summed E-state index contributed by atoms with van der Waals surface area (Å²) < 4.78 is 0. The van der Waals surface area contributed by atoms with Gasteiger partial charge in [-0.25, -0.2) is 5.43 Å². The molecule has 0 saturated heterocycles. The van der Waals surface area contributed by atoms with Crippen LogP contribution in [0.5, 0.6) is 0 Å². The molecule has 34 heavy (non-hydrogen) atoms. The van der Waals surface area contributed by atoms with E-state index in [0.29, 0.717) is 10.8 Å². The van der Waals surface area contributed by atoms with E-state index in [1.165, 1.54) is 70.6 Å². The van der Waals surface area contributed by atoms with E-state index in [9.17, 15) is 0 Å². The highest BCUT2D eigenvalue weighted by Gasteiger charge is 2.59. The van der Waals surface area contributed by atoms with Gasteiger partial charge in [-0.05, 0) is 97.7 Å². The summed E-state index contributed by atoms with van der Waals surface area (Å²) in [7, 11) is 4.14. The summed E-state index contributed by atoms with van der Waals surface area (Å²) in [6, 6.07) is 0. The molecule has 0 heterocycles. The first kappa shape index (κ1) is 27.4. The Morgan fingerprint density at radius 2 is 1.88 bits per heavy atom. The lowest BCUT2D eigenvalue weighted by molar-refractivity contribution is -0.0497. The molecule has 5 heteroatoms. The zero-order chi connectivity index (χ0) is 24.3. The molecule has 0 aromatic heterocycles. The Hall–Kier alpha value is 0.320. The van der Waals surface area contributed by atoms with E-state index in [4.69, 9.17) is 5.84 Å². The smallest absolute Gasteiger partial charge is 0.0212 e. The Bertz CT molecular complexity index is 697. The van der Waals surface area contributed by atoms with Crippen molar-refractivity contribution in [3.63, 3.8) is 0 Å². The van der Waals surface area contributed by atoms with Crippen molar-refractivity contribution in [2.24, 2.45) is 52.2 Å². The highest BCUT2D eigenvalue weighted by Crippen LogP contribution is 2.67. The van der Waals surface area contributed by atoms with E-state index in [2.05, 4.69) is 62.4 Å². The molecule has 4 N–H and O–H groups in total. The van der Waals surface area contributed by atoms with E-state index in [1.807, 2.05) is 16.4 Å². The summed E-state index contributed by atoms with van der Waals surface area (Å²) in [5.41, 5.74) is 8.45. The molecule has 0 amide bonds. The van der Waals surface area contributed by atoms with Gasteiger partial charge >= 0.3 is 0 Å². The summed E-state index contributed by atoms with van der Waals surface area (Å²) >= 11 is 0. The molecule has 0 aliphatic heterocycles. The zero-order valence-electron chi connectivity index (χ0n) is 22.7. The molecule has 0 radical (unpaired) electrons. The van der Waals surface area contributed by atoms with Gasteiger partial charge in [0, 0.05) is 17.5 Å². The topological polar surface area (TPSA) is 50.1 Å². The van der Waals surface area contributed by atoms with Crippen molar-refractivity contribution in [1.82, 2.24) is 11.0 Å². The average molecular weight is 508 g/mol. The van der Waals surface area contributed by atoms with Crippen molar-refractivity contribution in [2.75, 3.05) is 12.3 Å². The Labute approximate surface area is 218 Å². The molecule has 3 fully saturated rings. The number of nitrogens with one attached hydrogen (secondary N) is 2. The monoisotopic (exact) mass is 507 g/mol. The summed E-state index contributed by atoms with van der Waals surface area (Å²) in [4.78, 5) is 0. The molecule has 3 saturated carbocycles. The van der Waals surface area contributed by atoms with Crippen molar-refractivity contribution >= 4 is 21.6 Å². The van der Waals surface area contributed by atoms with Crippen LogP contribution < -0.4 is 16.8 Å². The van der Waals surface area contributed by atoms with Gasteiger partial charge in [-0.15, -0.1) is 0 Å². The molecule has 0 aromatic rings. The lowest BCUT2D eigenvalue weighted by atomic mass is 9.47. The summed E-state index contributed by atoms with van der Waals surface area (Å²) in [5.74, 6) is 12.0. The highest BCUT2D eigenvalue weighted by atomic mass is 33.1. The van der Waals surface area contributed by atoms with E-state index >= 15 is 0 Å². The molecule has 196 valence electrons. The molecule has 4 rings (SSSR count). The zero-order valence-corrected chi connectivity index (χ0v) is 24.3. The molecular weight excluding hydrogens is 454 g/mol. The van der Waals surface area contributed by atoms with Crippen molar-refractivity contribution < 1.29 is 0 Å². The molecule has 3 nitrogen and oxygen atoms in total. The van der Waals surface area contributed by atoms with Crippen molar-refractivity contribution in [3.8, 4) is 0 Å². The first-order chi connectivity index (χ1) is 16.3. The van der Waals surface area contributed by atoms with Gasteiger partial charge in [0.15, 0.2) is 0 Å². The van der Waals surface area contributed by atoms with E-state index in [0.717, 1.165) is 53.1 Å². The molecule has 0 spiro atoms. The average Bonchev–Trinajstić information content (AvgIpc) is 3.16. The SMILES string of the molecule is CC(C)CCCC(C)C1CCC2C3CC=C4CC(SSCCNNN)CCC4(C)C3CCC12C. The number of hydrogen-bond acceptors (Lipinski definition) is 5. The normalized spacial score (nSPS) is 40.4. The Morgan fingerprint density at radius 3 is 2.65 bits per heavy atom. The van der Waals surface area contributed by atoms with Crippen LogP contribution in [0.15, 0.2) is 11.6 Å². The van der Waals surface area contributed by atoms with Crippen LogP contribution in [0.4, 0.5) is 0 Å². The maximum atomic E-state index is 5.30. The quantitative estimate of drug-likeness (QED) is 0.0877. The summed E-state index contributed by atoms with van der Waals surface area (Å²) in [6.07, 6.45) is 18.6. The van der Waals surface area contributed by atoms with Gasteiger partial charge in [-0.2, -0.15) is 5.53 Å². The van der Waals surface area contributed by atoms with Crippen LogP contribution in [-0.4, -0.2) is 17.5 Å². The van der Waals surface area contributed by atoms with Crippen molar-refractivity contribution in [1.29, 1.82) is 0 Å². The minimum atomic E-state index is 0.484. The van der Waals surface area contributed by atoms with Crippen LogP contribution in [0.1, 0.15) is 105 Å². The fourth-order valence-corrected chi connectivity index (χ4v) is 11.6. The van der Waals surface area contributed by atoms with Crippen LogP contribution >= 0.6 is 21.6 Å². The van der Waals surface area contributed by atoms with Gasteiger partial charge < -0.3 is 0 Å². The number of hydrogen-bond donors (Lipinski definition) is 3. The van der Waals surface area contributed by atoms with Gasteiger partial charge in [0.25, 0.3) is 0 Å². The number of nitrogens with two attached hydrogens (primary N) is 1. The van der Waals surface area contributed by atoms with Gasteiger partial charge in [-0.1, -0.05) is 87.1 Å². The summed E-state index contributed by atoms with van der Waals surface area (Å²) in [5, 5.41) is 0.795. The van der Waals surface area contributed by atoms with Gasteiger partial charge in [0.05, 0.1) is 0 Å². The third-order valence-electron chi connectivity index (χ3n) is 10.9. The lowest BCUT2D eigenvalue weighted by Gasteiger charge is -2.58.